The normalized spacial score (nSPS) is 23.5. The number of hydrogen-bond acceptors (Lipinski definition) is 2. The van der Waals surface area contributed by atoms with E-state index in [0.29, 0.717) is 6.04 Å². The molecule has 1 rings (SSSR count). The number of hydrogen-bond donors (Lipinski definition) is 1. The molecule has 11 heavy (non-hydrogen) atoms. The molecule has 0 aromatic carbocycles. The van der Waals surface area contributed by atoms with Crippen molar-refractivity contribution >= 4 is 0 Å². The molecule has 2 nitrogen and oxygen atoms in total. The van der Waals surface area contributed by atoms with Crippen molar-refractivity contribution in [2.45, 2.75) is 38.6 Å². The third kappa shape index (κ3) is 2.80. The summed E-state index contributed by atoms with van der Waals surface area (Å²) in [7, 11) is 0. The van der Waals surface area contributed by atoms with Gasteiger partial charge in [0.2, 0.25) is 0 Å². The quantitative estimate of drug-likeness (QED) is 0.674. The highest BCUT2D eigenvalue weighted by Gasteiger charge is 2.19. The molecule has 0 saturated carbocycles. The van der Waals surface area contributed by atoms with E-state index in [9.17, 15) is 0 Å². The molecule has 1 aliphatic heterocycles. The molecule has 0 bridgehead atoms. The fraction of sp³-hybridized carbons (Fsp3) is 1.00. The van der Waals surface area contributed by atoms with Gasteiger partial charge in [-0.25, -0.2) is 0 Å². The smallest absolute Gasteiger partial charge is 0.0469 e. The highest BCUT2D eigenvalue weighted by molar-refractivity contribution is 4.74. The highest BCUT2D eigenvalue weighted by Crippen LogP contribution is 2.19. The van der Waals surface area contributed by atoms with Crippen molar-refractivity contribution in [1.29, 1.82) is 0 Å². The molecule has 1 heterocycles. The Balaban J connectivity index is 2.21. The third-order valence-corrected chi connectivity index (χ3v) is 2.49. The van der Waals surface area contributed by atoms with Crippen LogP contribution in [0.25, 0.3) is 0 Å². The van der Waals surface area contributed by atoms with Crippen LogP contribution in [0.2, 0.25) is 0 Å². The lowest BCUT2D eigenvalue weighted by atomic mass is 9.90. The van der Waals surface area contributed by atoms with Crippen molar-refractivity contribution in [2.24, 2.45) is 11.7 Å². The van der Waals surface area contributed by atoms with E-state index >= 15 is 0 Å². The van der Waals surface area contributed by atoms with Crippen molar-refractivity contribution in [1.82, 2.24) is 0 Å². The van der Waals surface area contributed by atoms with Crippen LogP contribution in [-0.2, 0) is 4.74 Å². The van der Waals surface area contributed by atoms with E-state index in [-0.39, 0.29) is 0 Å². The molecular formula is C9H19NO. The lowest BCUT2D eigenvalue weighted by Gasteiger charge is -2.27. The second-order valence-electron chi connectivity index (χ2n) is 3.40. The van der Waals surface area contributed by atoms with Gasteiger partial charge < -0.3 is 10.5 Å². The van der Waals surface area contributed by atoms with E-state index in [1.54, 1.807) is 0 Å². The van der Waals surface area contributed by atoms with Gasteiger partial charge in [0, 0.05) is 19.3 Å². The van der Waals surface area contributed by atoms with Crippen molar-refractivity contribution in [3.63, 3.8) is 0 Å². The van der Waals surface area contributed by atoms with E-state index in [1.165, 1.54) is 25.7 Å². The summed E-state index contributed by atoms with van der Waals surface area (Å²) in [6.45, 7) is 4.03. The average molecular weight is 157 g/mol. The van der Waals surface area contributed by atoms with Crippen LogP contribution in [-0.4, -0.2) is 19.3 Å². The minimum atomic E-state index is 0.420. The molecule has 1 atom stereocenters. The Morgan fingerprint density at radius 3 is 2.64 bits per heavy atom. The first-order chi connectivity index (χ1) is 5.34. The van der Waals surface area contributed by atoms with Gasteiger partial charge in [0.25, 0.3) is 0 Å². The Morgan fingerprint density at radius 2 is 2.09 bits per heavy atom. The van der Waals surface area contributed by atoms with Gasteiger partial charge in [-0.1, -0.05) is 13.3 Å². The van der Waals surface area contributed by atoms with Gasteiger partial charge in [0.1, 0.15) is 0 Å². The fourth-order valence-electron chi connectivity index (χ4n) is 1.71. The standard InChI is InChI=1S/C9H19NO/c1-2-3-9(10)8-4-6-11-7-5-8/h8-9H,2-7,10H2,1H3/t9-/m0/s1. The Morgan fingerprint density at radius 1 is 1.45 bits per heavy atom. The Hall–Kier alpha value is -0.0800. The SMILES string of the molecule is CCC[C@H](N)C1CCOCC1. The predicted octanol–water partition coefficient (Wildman–Crippen LogP) is 1.54. The van der Waals surface area contributed by atoms with Crippen molar-refractivity contribution in [2.75, 3.05) is 13.2 Å². The maximum Gasteiger partial charge on any atom is 0.0469 e. The number of nitrogens with two attached hydrogens (primary N) is 1. The van der Waals surface area contributed by atoms with E-state index in [0.717, 1.165) is 19.1 Å². The molecule has 0 unspecified atom stereocenters. The van der Waals surface area contributed by atoms with Crippen LogP contribution in [0.15, 0.2) is 0 Å². The van der Waals surface area contributed by atoms with E-state index in [4.69, 9.17) is 10.5 Å². The van der Waals surface area contributed by atoms with Crippen LogP contribution in [0.3, 0.4) is 0 Å². The fourth-order valence-corrected chi connectivity index (χ4v) is 1.71. The summed E-state index contributed by atoms with van der Waals surface area (Å²) < 4.78 is 5.27. The van der Waals surface area contributed by atoms with Gasteiger partial charge >= 0.3 is 0 Å². The summed E-state index contributed by atoms with van der Waals surface area (Å²) in [6.07, 6.45) is 4.71. The van der Waals surface area contributed by atoms with Crippen LogP contribution in [0, 0.1) is 5.92 Å². The lowest BCUT2D eigenvalue weighted by molar-refractivity contribution is 0.0574. The first kappa shape index (κ1) is 9.01. The van der Waals surface area contributed by atoms with Crippen molar-refractivity contribution < 1.29 is 4.74 Å². The second kappa shape index (κ2) is 4.73. The predicted molar refractivity (Wildman–Crippen MR) is 46.4 cm³/mol. The van der Waals surface area contributed by atoms with Gasteiger partial charge in [-0.15, -0.1) is 0 Å². The monoisotopic (exact) mass is 157 g/mol. The highest BCUT2D eigenvalue weighted by atomic mass is 16.5. The van der Waals surface area contributed by atoms with Gasteiger partial charge in [0.15, 0.2) is 0 Å². The van der Waals surface area contributed by atoms with E-state index < -0.39 is 0 Å². The summed E-state index contributed by atoms with van der Waals surface area (Å²) >= 11 is 0. The van der Waals surface area contributed by atoms with Crippen molar-refractivity contribution in [3.05, 3.63) is 0 Å². The molecule has 0 aromatic rings. The van der Waals surface area contributed by atoms with Crippen molar-refractivity contribution in [3.8, 4) is 0 Å². The maximum atomic E-state index is 6.00. The van der Waals surface area contributed by atoms with Gasteiger partial charge in [-0.2, -0.15) is 0 Å². The Kier molecular flexibility index (Phi) is 3.87. The first-order valence-electron chi connectivity index (χ1n) is 4.68. The lowest BCUT2D eigenvalue weighted by Crippen LogP contribution is -2.34. The molecular weight excluding hydrogens is 138 g/mol. The molecule has 2 N–H and O–H groups in total. The summed E-state index contributed by atoms with van der Waals surface area (Å²) in [5.74, 6) is 0.726. The van der Waals surface area contributed by atoms with E-state index in [1.807, 2.05) is 0 Å². The summed E-state index contributed by atoms with van der Waals surface area (Å²) in [5, 5.41) is 0. The minimum absolute atomic E-state index is 0.420. The number of rotatable bonds is 3. The molecule has 1 aliphatic rings. The third-order valence-electron chi connectivity index (χ3n) is 2.49. The van der Waals surface area contributed by atoms with Crippen LogP contribution in [0.4, 0.5) is 0 Å². The van der Waals surface area contributed by atoms with Crippen LogP contribution < -0.4 is 5.73 Å². The Labute approximate surface area is 69.1 Å². The topological polar surface area (TPSA) is 35.2 Å². The first-order valence-corrected chi connectivity index (χ1v) is 4.68. The second-order valence-corrected chi connectivity index (χ2v) is 3.40. The molecule has 0 aromatic heterocycles. The summed E-state index contributed by atoms with van der Waals surface area (Å²) in [4.78, 5) is 0. The van der Waals surface area contributed by atoms with Crippen LogP contribution >= 0.6 is 0 Å². The zero-order valence-electron chi connectivity index (χ0n) is 7.38. The average Bonchev–Trinajstić information content (AvgIpc) is 2.07. The molecule has 0 aliphatic carbocycles. The molecule has 2 heteroatoms. The molecule has 66 valence electrons. The molecule has 1 fully saturated rings. The van der Waals surface area contributed by atoms with Crippen LogP contribution in [0.1, 0.15) is 32.6 Å². The Bertz CT molecular complexity index is 99.7. The largest absolute Gasteiger partial charge is 0.381 e. The summed E-state index contributed by atoms with van der Waals surface area (Å²) in [5.41, 5.74) is 6.00. The minimum Gasteiger partial charge on any atom is -0.381 e. The van der Waals surface area contributed by atoms with Gasteiger partial charge in [0.05, 0.1) is 0 Å². The van der Waals surface area contributed by atoms with Crippen LogP contribution in [0.5, 0.6) is 0 Å². The molecule has 1 saturated heterocycles. The zero-order valence-corrected chi connectivity index (χ0v) is 7.38. The molecule has 0 amide bonds. The van der Waals surface area contributed by atoms with E-state index in [2.05, 4.69) is 6.92 Å². The van der Waals surface area contributed by atoms with Gasteiger partial charge in [-0.05, 0) is 25.2 Å². The number of ether oxygens (including phenoxy) is 1. The molecule has 0 radical (unpaired) electrons. The summed E-state index contributed by atoms with van der Waals surface area (Å²) in [6, 6.07) is 0.420. The zero-order chi connectivity index (χ0) is 8.10. The van der Waals surface area contributed by atoms with Gasteiger partial charge in [-0.3, -0.25) is 0 Å². The molecule has 0 spiro atoms. The maximum absolute atomic E-state index is 6.00.